The van der Waals surface area contributed by atoms with Crippen LogP contribution in [-0.4, -0.2) is 60.6 Å². The molecule has 0 aromatic carbocycles. The number of hydrogen-bond donors (Lipinski definition) is 0. The van der Waals surface area contributed by atoms with Crippen LogP contribution in [0, 0.1) is 11.3 Å². The van der Waals surface area contributed by atoms with Crippen molar-refractivity contribution in [3.63, 3.8) is 0 Å². The highest BCUT2D eigenvalue weighted by atomic mass is 16.5. The molecule has 0 aromatic heterocycles. The molecule has 0 aromatic rings. The van der Waals surface area contributed by atoms with Crippen LogP contribution >= 0.6 is 0 Å². The summed E-state index contributed by atoms with van der Waals surface area (Å²) in [5, 5.41) is 0. The van der Waals surface area contributed by atoms with Crippen molar-refractivity contribution in [1.29, 1.82) is 0 Å². The van der Waals surface area contributed by atoms with Gasteiger partial charge < -0.3 is 9.64 Å². The van der Waals surface area contributed by atoms with Crippen molar-refractivity contribution < 1.29 is 9.53 Å². The van der Waals surface area contributed by atoms with Crippen LogP contribution in [0.2, 0.25) is 0 Å². The minimum atomic E-state index is 0.209. The second-order valence-electron chi connectivity index (χ2n) is 8.02. The van der Waals surface area contributed by atoms with Crippen molar-refractivity contribution in [3.05, 3.63) is 0 Å². The summed E-state index contributed by atoms with van der Waals surface area (Å²) in [5.74, 6) is 1.10. The maximum absolute atomic E-state index is 13.1. The van der Waals surface area contributed by atoms with Crippen molar-refractivity contribution in [3.8, 4) is 0 Å². The maximum atomic E-state index is 13.1. The Labute approximate surface area is 134 Å². The molecule has 4 aliphatic rings. The van der Waals surface area contributed by atoms with Gasteiger partial charge in [0, 0.05) is 19.7 Å². The van der Waals surface area contributed by atoms with Crippen LogP contribution in [-0.2, 0) is 9.53 Å². The van der Waals surface area contributed by atoms with E-state index in [9.17, 15) is 4.79 Å². The lowest BCUT2D eigenvalue weighted by atomic mass is 9.66. The standard InChI is InChI=1S/C18H30N2O2/c1-2-22-15-11-18(12-15)7-10-20(13-18)17(21)16(14-5-6-14)19-8-3-4-9-19/h14-16H,2-13H2,1H3. The van der Waals surface area contributed by atoms with Gasteiger partial charge in [-0.15, -0.1) is 0 Å². The molecule has 2 aliphatic heterocycles. The van der Waals surface area contributed by atoms with Gasteiger partial charge >= 0.3 is 0 Å². The Kier molecular flexibility index (Phi) is 3.93. The molecule has 4 nitrogen and oxygen atoms in total. The molecular formula is C18H30N2O2. The topological polar surface area (TPSA) is 32.8 Å². The lowest BCUT2D eigenvalue weighted by Gasteiger charge is -2.44. The number of amides is 1. The number of ether oxygens (including phenoxy) is 1. The van der Waals surface area contributed by atoms with Crippen LogP contribution < -0.4 is 0 Å². The number of nitrogens with zero attached hydrogens (tertiary/aromatic N) is 2. The van der Waals surface area contributed by atoms with Gasteiger partial charge in [-0.05, 0) is 76.3 Å². The van der Waals surface area contributed by atoms with Gasteiger partial charge in [-0.2, -0.15) is 0 Å². The van der Waals surface area contributed by atoms with E-state index in [0.717, 1.165) is 32.8 Å². The normalized spacial score (nSPS) is 36.8. The summed E-state index contributed by atoms with van der Waals surface area (Å²) in [6.45, 7) is 7.14. The zero-order valence-electron chi connectivity index (χ0n) is 13.9. The second-order valence-corrected chi connectivity index (χ2v) is 8.02. The van der Waals surface area contributed by atoms with E-state index in [1.54, 1.807) is 0 Å². The lowest BCUT2D eigenvalue weighted by Crippen LogP contribution is -2.50. The summed E-state index contributed by atoms with van der Waals surface area (Å²) >= 11 is 0. The molecule has 2 saturated carbocycles. The minimum Gasteiger partial charge on any atom is -0.378 e. The quantitative estimate of drug-likeness (QED) is 0.781. The van der Waals surface area contributed by atoms with Crippen LogP contribution in [0.1, 0.15) is 51.9 Å². The van der Waals surface area contributed by atoms with Gasteiger partial charge in [0.15, 0.2) is 0 Å². The fraction of sp³-hybridized carbons (Fsp3) is 0.944. The summed E-state index contributed by atoms with van der Waals surface area (Å²) in [7, 11) is 0. The smallest absolute Gasteiger partial charge is 0.240 e. The minimum absolute atomic E-state index is 0.209. The SMILES string of the molecule is CCOC1CC2(CCN(C(=O)C(C3CC3)N3CCCC3)C2)C1. The summed E-state index contributed by atoms with van der Waals surface area (Å²) in [4.78, 5) is 17.8. The lowest BCUT2D eigenvalue weighted by molar-refractivity contribution is -0.138. The van der Waals surface area contributed by atoms with E-state index in [1.165, 1.54) is 44.9 Å². The van der Waals surface area contributed by atoms with Crippen molar-refractivity contribution in [2.24, 2.45) is 11.3 Å². The summed E-state index contributed by atoms with van der Waals surface area (Å²) < 4.78 is 5.73. The van der Waals surface area contributed by atoms with Gasteiger partial charge in [-0.25, -0.2) is 0 Å². The van der Waals surface area contributed by atoms with E-state index in [0.29, 0.717) is 23.3 Å². The van der Waals surface area contributed by atoms with E-state index >= 15 is 0 Å². The molecule has 2 aliphatic carbocycles. The molecule has 2 saturated heterocycles. The largest absolute Gasteiger partial charge is 0.378 e. The Morgan fingerprint density at radius 2 is 1.95 bits per heavy atom. The molecule has 0 radical (unpaired) electrons. The van der Waals surface area contributed by atoms with Gasteiger partial charge in [0.1, 0.15) is 0 Å². The van der Waals surface area contributed by atoms with Gasteiger partial charge in [0.2, 0.25) is 5.91 Å². The summed E-state index contributed by atoms with van der Waals surface area (Å²) in [5.41, 5.74) is 0.397. The van der Waals surface area contributed by atoms with Crippen LogP contribution in [0.3, 0.4) is 0 Å². The molecule has 4 fully saturated rings. The average molecular weight is 306 g/mol. The number of carbonyl (C=O) groups excluding carboxylic acids is 1. The van der Waals surface area contributed by atoms with Gasteiger partial charge in [-0.3, -0.25) is 9.69 Å². The Morgan fingerprint density at radius 3 is 2.59 bits per heavy atom. The Balaban J connectivity index is 1.37. The molecular weight excluding hydrogens is 276 g/mol. The zero-order chi connectivity index (χ0) is 15.2. The highest BCUT2D eigenvalue weighted by Crippen LogP contribution is 2.50. The third-order valence-electron chi connectivity index (χ3n) is 6.33. The first kappa shape index (κ1) is 14.9. The van der Waals surface area contributed by atoms with E-state index in [4.69, 9.17) is 4.74 Å². The van der Waals surface area contributed by atoms with Crippen molar-refractivity contribution >= 4 is 5.91 Å². The number of rotatable bonds is 5. The fourth-order valence-electron chi connectivity index (χ4n) is 4.99. The zero-order valence-corrected chi connectivity index (χ0v) is 13.9. The molecule has 1 atom stereocenters. The Hall–Kier alpha value is -0.610. The first-order valence-electron chi connectivity index (χ1n) is 9.35. The maximum Gasteiger partial charge on any atom is 0.240 e. The fourth-order valence-corrected chi connectivity index (χ4v) is 4.99. The predicted octanol–water partition coefficient (Wildman–Crippen LogP) is 2.28. The highest BCUT2D eigenvalue weighted by molar-refractivity contribution is 5.83. The van der Waals surface area contributed by atoms with Gasteiger partial charge in [0.05, 0.1) is 12.1 Å². The van der Waals surface area contributed by atoms with E-state index in [2.05, 4.69) is 16.7 Å². The van der Waals surface area contributed by atoms with Crippen LogP contribution in [0.5, 0.6) is 0 Å². The van der Waals surface area contributed by atoms with Crippen LogP contribution in [0.25, 0.3) is 0 Å². The molecule has 1 amide bonds. The number of hydrogen-bond acceptors (Lipinski definition) is 3. The molecule has 2 heterocycles. The summed E-state index contributed by atoms with van der Waals surface area (Å²) in [6, 6.07) is 0.209. The van der Waals surface area contributed by atoms with E-state index in [1.807, 2.05) is 0 Å². The first-order valence-corrected chi connectivity index (χ1v) is 9.35. The van der Waals surface area contributed by atoms with Crippen LogP contribution in [0.15, 0.2) is 0 Å². The van der Waals surface area contributed by atoms with Crippen LogP contribution in [0.4, 0.5) is 0 Å². The molecule has 1 spiro atoms. The summed E-state index contributed by atoms with van der Waals surface area (Å²) in [6.07, 6.45) is 9.06. The third kappa shape index (κ3) is 2.69. The van der Waals surface area contributed by atoms with Gasteiger partial charge in [0.25, 0.3) is 0 Å². The van der Waals surface area contributed by atoms with Gasteiger partial charge in [-0.1, -0.05) is 0 Å². The number of likely N-dealkylation sites (tertiary alicyclic amines) is 2. The monoisotopic (exact) mass is 306 g/mol. The number of carbonyl (C=O) groups is 1. The van der Waals surface area contributed by atoms with Crippen molar-refractivity contribution in [2.45, 2.75) is 64.0 Å². The van der Waals surface area contributed by atoms with Crippen molar-refractivity contribution in [1.82, 2.24) is 9.80 Å². The van der Waals surface area contributed by atoms with E-state index in [-0.39, 0.29) is 6.04 Å². The second kappa shape index (κ2) is 5.79. The predicted molar refractivity (Wildman–Crippen MR) is 85.6 cm³/mol. The highest BCUT2D eigenvalue weighted by Gasteiger charge is 2.52. The first-order chi connectivity index (χ1) is 10.7. The molecule has 4 rings (SSSR count). The molecule has 22 heavy (non-hydrogen) atoms. The van der Waals surface area contributed by atoms with Crippen molar-refractivity contribution in [2.75, 3.05) is 32.8 Å². The Morgan fingerprint density at radius 1 is 1.23 bits per heavy atom. The molecule has 0 bridgehead atoms. The van der Waals surface area contributed by atoms with E-state index < -0.39 is 0 Å². The third-order valence-corrected chi connectivity index (χ3v) is 6.33. The Bertz CT molecular complexity index is 423. The molecule has 0 N–H and O–H groups in total. The molecule has 124 valence electrons. The average Bonchev–Trinajstić information content (AvgIpc) is 3.00. The molecule has 4 heteroatoms. The molecule has 1 unspecified atom stereocenters.